The molecule has 4 nitrogen and oxygen atoms in total. The highest BCUT2D eigenvalue weighted by Crippen LogP contribution is 2.35. The summed E-state index contributed by atoms with van der Waals surface area (Å²) in [6, 6.07) is 7.38. The van der Waals surface area contributed by atoms with E-state index < -0.39 is 5.60 Å². The van der Waals surface area contributed by atoms with Crippen LogP contribution in [0.3, 0.4) is 0 Å². The lowest BCUT2D eigenvalue weighted by Crippen LogP contribution is -2.27. The lowest BCUT2D eigenvalue weighted by atomic mass is 9.96. The fourth-order valence-electron chi connectivity index (χ4n) is 2.92. The van der Waals surface area contributed by atoms with Gasteiger partial charge in [0.15, 0.2) is 0 Å². The number of hydrogen-bond acceptors (Lipinski definition) is 5. The number of nitrogens with zero attached hydrogens (tertiary/aromatic N) is 1. The number of rotatable bonds is 5. The molecule has 1 fully saturated rings. The van der Waals surface area contributed by atoms with Crippen LogP contribution in [0.2, 0.25) is 5.02 Å². The van der Waals surface area contributed by atoms with Gasteiger partial charge in [0, 0.05) is 16.3 Å². The van der Waals surface area contributed by atoms with E-state index in [0.29, 0.717) is 11.6 Å². The summed E-state index contributed by atoms with van der Waals surface area (Å²) in [4.78, 5) is 5.84. The zero-order valence-corrected chi connectivity index (χ0v) is 15.4. The van der Waals surface area contributed by atoms with Crippen molar-refractivity contribution in [2.45, 2.75) is 38.2 Å². The Labute approximate surface area is 151 Å². The van der Waals surface area contributed by atoms with Crippen LogP contribution in [0, 0.1) is 6.92 Å². The highest BCUT2D eigenvalue weighted by molar-refractivity contribution is 7.11. The summed E-state index contributed by atoms with van der Waals surface area (Å²) in [5.74, 6) is 0.815. The van der Waals surface area contributed by atoms with Crippen LogP contribution in [-0.4, -0.2) is 29.8 Å². The van der Waals surface area contributed by atoms with E-state index in [2.05, 4.69) is 10.3 Å². The lowest BCUT2D eigenvalue weighted by molar-refractivity contribution is 0.0237. The summed E-state index contributed by atoms with van der Waals surface area (Å²) in [6.07, 6.45) is 3.26. The fraction of sp³-hybridized carbons (Fsp3) is 0.500. The van der Waals surface area contributed by atoms with Gasteiger partial charge in [0.25, 0.3) is 0 Å². The van der Waals surface area contributed by atoms with Crippen LogP contribution in [0.1, 0.15) is 34.8 Å². The van der Waals surface area contributed by atoms with E-state index in [1.807, 2.05) is 31.2 Å². The highest BCUT2D eigenvalue weighted by atomic mass is 35.5. The van der Waals surface area contributed by atoms with Gasteiger partial charge in [0.1, 0.15) is 16.4 Å². The molecule has 0 spiro atoms. The summed E-state index contributed by atoms with van der Waals surface area (Å²) in [5, 5.41) is 15.8. The summed E-state index contributed by atoms with van der Waals surface area (Å²) >= 11 is 7.50. The summed E-state index contributed by atoms with van der Waals surface area (Å²) < 4.78 is 5.77. The first-order valence-corrected chi connectivity index (χ1v) is 9.54. The second kappa shape index (κ2) is 7.83. The van der Waals surface area contributed by atoms with E-state index in [0.717, 1.165) is 55.2 Å². The molecule has 0 saturated carbocycles. The Morgan fingerprint density at radius 1 is 1.29 bits per heavy atom. The largest absolute Gasteiger partial charge is 0.493 e. The molecule has 1 aromatic carbocycles. The van der Waals surface area contributed by atoms with E-state index in [1.165, 1.54) is 4.88 Å². The molecule has 24 heavy (non-hydrogen) atoms. The molecule has 1 aliphatic heterocycles. The zero-order valence-electron chi connectivity index (χ0n) is 13.8. The topological polar surface area (TPSA) is 54.4 Å². The normalized spacial score (nSPS) is 21.5. The minimum absolute atomic E-state index is 0.587. The number of hydrogen-bond donors (Lipinski definition) is 2. The molecule has 130 valence electrons. The molecule has 1 saturated heterocycles. The van der Waals surface area contributed by atoms with Crippen molar-refractivity contribution < 1.29 is 9.84 Å². The van der Waals surface area contributed by atoms with Crippen molar-refractivity contribution in [1.29, 1.82) is 0 Å². The summed E-state index contributed by atoms with van der Waals surface area (Å²) in [7, 11) is 0. The number of ether oxygens (including phenoxy) is 1. The first-order valence-electron chi connectivity index (χ1n) is 8.35. The van der Waals surface area contributed by atoms with E-state index in [9.17, 15) is 5.11 Å². The van der Waals surface area contributed by atoms with Gasteiger partial charge in [-0.3, -0.25) is 0 Å². The molecule has 2 aromatic rings. The molecule has 1 atom stereocenters. The predicted molar refractivity (Wildman–Crippen MR) is 98.1 cm³/mol. The first-order chi connectivity index (χ1) is 11.6. The molecule has 2 heterocycles. The predicted octanol–water partition coefficient (Wildman–Crippen LogP) is 3.69. The summed E-state index contributed by atoms with van der Waals surface area (Å²) in [6.45, 7) is 4.40. The molecule has 0 aliphatic carbocycles. The Kier molecular flexibility index (Phi) is 5.76. The average Bonchev–Trinajstić information content (AvgIpc) is 2.79. The van der Waals surface area contributed by atoms with Gasteiger partial charge in [-0.25, -0.2) is 4.98 Å². The zero-order chi connectivity index (χ0) is 17.0. The monoisotopic (exact) mass is 366 g/mol. The Morgan fingerprint density at radius 3 is 2.88 bits per heavy atom. The van der Waals surface area contributed by atoms with E-state index in [1.54, 1.807) is 11.3 Å². The van der Waals surface area contributed by atoms with Crippen LogP contribution in [0.25, 0.3) is 0 Å². The quantitative estimate of drug-likeness (QED) is 0.847. The van der Waals surface area contributed by atoms with E-state index in [4.69, 9.17) is 16.3 Å². The number of nitrogens with one attached hydrogen (secondary N) is 1. The van der Waals surface area contributed by atoms with Crippen LogP contribution in [0.4, 0.5) is 0 Å². The second-order valence-corrected chi connectivity index (χ2v) is 7.74. The maximum absolute atomic E-state index is 11.0. The first kappa shape index (κ1) is 17.7. The number of thiazole rings is 1. The minimum atomic E-state index is -0.784. The molecule has 0 unspecified atom stereocenters. The standard InChI is InChI=1S/C18H23ClN2O2S/c1-13-16(7-12-23-15-5-3-14(19)4-6-15)24-17(21-13)18(22)8-2-10-20-11-9-18/h3-6,20,22H,2,7-12H2,1H3/t18-/m1/s1. The van der Waals surface area contributed by atoms with Gasteiger partial charge in [0.2, 0.25) is 0 Å². The van der Waals surface area contributed by atoms with Crippen LogP contribution in [0.5, 0.6) is 5.75 Å². The van der Waals surface area contributed by atoms with Crippen molar-refractivity contribution in [2.24, 2.45) is 0 Å². The fourth-order valence-corrected chi connectivity index (χ4v) is 4.23. The van der Waals surface area contributed by atoms with Gasteiger partial charge < -0.3 is 15.2 Å². The number of aryl methyl sites for hydroxylation is 1. The molecule has 1 aliphatic rings. The smallest absolute Gasteiger partial charge is 0.125 e. The Morgan fingerprint density at radius 2 is 2.08 bits per heavy atom. The molecule has 0 radical (unpaired) electrons. The SMILES string of the molecule is Cc1nc([C@@]2(O)CCCNCC2)sc1CCOc1ccc(Cl)cc1. The Hall–Kier alpha value is -1.14. The van der Waals surface area contributed by atoms with E-state index >= 15 is 0 Å². The molecule has 1 aromatic heterocycles. The number of aromatic nitrogens is 1. The third-order valence-corrected chi connectivity index (χ3v) is 6.02. The van der Waals surface area contributed by atoms with Crippen molar-refractivity contribution in [3.63, 3.8) is 0 Å². The number of benzene rings is 1. The Bertz CT molecular complexity index is 664. The van der Waals surface area contributed by atoms with Crippen molar-refractivity contribution in [3.05, 3.63) is 44.9 Å². The lowest BCUT2D eigenvalue weighted by Gasteiger charge is -2.23. The number of aliphatic hydroxyl groups is 1. The van der Waals surface area contributed by atoms with Gasteiger partial charge in [-0.05, 0) is 63.5 Å². The summed E-state index contributed by atoms with van der Waals surface area (Å²) in [5.41, 5.74) is 0.217. The molecular weight excluding hydrogens is 344 g/mol. The third-order valence-electron chi connectivity index (χ3n) is 4.36. The molecule has 6 heteroatoms. The molecule has 0 amide bonds. The minimum Gasteiger partial charge on any atom is -0.493 e. The third kappa shape index (κ3) is 4.28. The van der Waals surface area contributed by atoms with Crippen molar-refractivity contribution in [1.82, 2.24) is 10.3 Å². The van der Waals surface area contributed by atoms with Crippen molar-refractivity contribution >= 4 is 22.9 Å². The molecule has 0 bridgehead atoms. The second-order valence-electron chi connectivity index (χ2n) is 6.22. The van der Waals surface area contributed by atoms with Gasteiger partial charge in [-0.1, -0.05) is 11.6 Å². The van der Waals surface area contributed by atoms with Gasteiger partial charge >= 0.3 is 0 Å². The van der Waals surface area contributed by atoms with Crippen LogP contribution < -0.4 is 10.1 Å². The van der Waals surface area contributed by atoms with Gasteiger partial charge in [0.05, 0.1) is 12.3 Å². The maximum atomic E-state index is 11.0. The maximum Gasteiger partial charge on any atom is 0.125 e. The van der Waals surface area contributed by atoms with Gasteiger partial charge in [-0.2, -0.15) is 0 Å². The average molecular weight is 367 g/mol. The van der Waals surface area contributed by atoms with Crippen LogP contribution >= 0.6 is 22.9 Å². The molecular formula is C18H23ClN2O2S. The van der Waals surface area contributed by atoms with E-state index in [-0.39, 0.29) is 0 Å². The Balaban J connectivity index is 1.62. The van der Waals surface area contributed by atoms with Gasteiger partial charge in [-0.15, -0.1) is 11.3 Å². The molecule has 3 rings (SSSR count). The van der Waals surface area contributed by atoms with Crippen LogP contribution in [-0.2, 0) is 12.0 Å². The van der Waals surface area contributed by atoms with Crippen molar-refractivity contribution in [3.8, 4) is 5.75 Å². The highest BCUT2D eigenvalue weighted by Gasteiger charge is 2.33. The van der Waals surface area contributed by atoms with Crippen LogP contribution in [0.15, 0.2) is 24.3 Å². The van der Waals surface area contributed by atoms with Crippen molar-refractivity contribution in [2.75, 3.05) is 19.7 Å². The molecule has 2 N–H and O–H groups in total. The number of halogens is 1.